The van der Waals surface area contributed by atoms with E-state index < -0.39 is 0 Å². The second-order valence-electron chi connectivity index (χ2n) is 5.71. The molecule has 0 aliphatic rings. The lowest BCUT2D eigenvalue weighted by molar-refractivity contribution is 0.746. The van der Waals surface area contributed by atoms with Gasteiger partial charge in [-0.15, -0.1) is 0 Å². The van der Waals surface area contributed by atoms with Gasteiger partial charge in [-0.05, 0) is 63.7 Å². The Bertz CT molecular complexity index is 593. The third-order valence-corrected chi connectivity index (χ3v) is 3.87. The summed E-state index contributed by atoms with van der Waals surface area (Å²) in [7, 11) is 0. The molecule has 0 bridgehead atoms. The lowest BCUT2D eigenvalue weighted by atomic mass is 10.0. The van der Waals surface area contributed by atoms with Gasteiger partial charge in [0.15, 0.2) is 0 Å². The van der Waals surface area contributed by atoms with E-state index in [-0.39, 0.29) is 0 Å². The number of imidazole rings is 1. The molecule has 112 valence electrons. The molecule has 0 aliphatic heterocycles. The maximum Gasteiger partial charge on any atom is 0.0953 e. The van der Waals surface area contributed by atoms with E-state index in [2.05, 4.69) is 66.9 Å². The maximum absolute atomic E-state index is 4.35. The molecule has 1 aromatic heterocycles. The van der Waals surface area contributed by atoms with Gasteiger partial charge in [-0.25, -0.2) is 4.98 Å². The van der Waals surface area contributed by atoms with Crippen LogP contribution in [0.1, 0.15) is 48.6 Å². The maximum atomic E-state index is 4.35. The zero-order valence-electron chi connectivity index (χ0n) is 13.5. The van der Waals surface area contributed by atoms with Crippen LogP contribution in [0.3, 0.4) is 0 Å². The lowest BCUT2D eigenvalue weighted by Crippen LogP contribution is -1.90. The average molecular weight is 282 g/mol. The van der Waals surface area contributed by atoms with E-state index in [1.807, 2.05) is 6.33 Å². The summed E-state index contributed by atoms with van der Waals surface area (Å²) in [5.74, 6) is 0. The van der Waals surface area contributed by atoms with Crippen LogP contribution >= 0.6 is 0 Å². The molecule has 1 aromatic carbocycles. The average Bonchev–Trinajstić information content (AvgIpc) is 2.92. The molecule has 0 saturated carbocycles. The Morgan fingerprint density at radius 3 is 2.76 bits per heavy atom. The molecular formula is C19H26N2. The summed E-state index contributed by atoms with van der Waals surface area (Å²) in [5.41, 5.74) is 5.33. The molecule has 0 saturated heterocycles. The second-order valence-corrected chi connectivity index (χ2v) is 5.71. The number of hydrogen-bond donors (Lipinski definition) is 0. The highest BCUT2D eigenvalue weighted by molar-refractivity contribution is 5.42. The fourth-order valence-electron chi connectivity index (χ4n) is 2.54. The SMILES string of the molecule is CCn1cnc(/C=C/CCCCc2ccc(C)cc2C)c1. The van der Waals surface area contributed by atoms with Crippen LogP contribution in [0, 0.1) is 13.8 Å². The van der Waals surface area contributed by atoms with Crippen LogP contribution < -0.4 is 0 Å². The van der Waals surface area contributed by atoms with Crippen molar-refractivity contribution < 1.29 is 0 Å². The largest absolute Gasteiger partial charge is 0.337 e. The van der Waals surface area contributed by atoms with Crippen LogP contribution in [0.4, 0.5) is 0 Å². The number of rotatable bonds is 7. The fourth-order valence-corrected chi connectivity index (χ4v) is 2.54. The van der Waals surface area contributed by atoms with Gasteiger partial charge in [-0.2, -0.15) is 0 Å². The molecule has 0 aliphatic carbocycles. The van der Waals surface area contributed by atoms with E-state index >= 15 is 0 Å². The van der Waals surface area contributed by atoms with Gasteiger partial charge in [0.05, 0.1) is 12.0 Å². The van der Waals surface area contributed by atoms with Crippen molar-refractivity contribution in [3.63, 3.8) is 0 Å². The molecule has 0 unspecified atom stereocenters. The van der Waals surface area contributed by atoms with Gasteiger partial charge in [0, 0.05) is 12.7 Å². The van der Waals surface area contributed by atoms with Gasteiger partial charge in [0.25, 0.3) is 0 Å². The molecule has 1 heterocycles. The van der Waals surface area contributed by atoms with E-state index in [0.717, 1.165) is 18.7 Å². The Morgan fingerprint density at radius 2 is 2.05 bits per heavy atom. The van der Waals surface area contributed by atoms with Gasteiger partial charge < -0.3 is 4.57 Å². The quantitative estimate of drug-likeness (QED) is 0.657. The molecule has 0 N–H and O–H groups in total. The highest BCUT2D eigenvalue weighted by atomic mass is 15.0. The van der Waals surface area contributed by atoms with Crippen LogP contribution in [-0.4, -0.2) is 9.55 Å². The molecule has 2 rings (SSSR count). The smallest absolute Gasteiger partial charge is 0.0953 e. The van der Waals surface area contributed by atoms with Crippen molar-refractivity contribution in [2.45, 2.75) is 53.0 Å². The van der Waals surface area contributed by atoms with Crippen molar-refractivity contribution in [1.29, 1.82) is 0 Å². The fraction of sp³-hybridized carbons (Fsp3) is 0.421. The Labute approximate surface area is 128 Å². The number of unbranched alkanes of at least 4 members (excludes halogenated alkanes) is 2. The van der Waals surface area contributed by atoms with Gasteiger partial charge in [0.1, 0.15) is 0 Å². The minimum absolute atomic E-state index is 0.983. The van der Waals surface area contributed by atoms with Crippen molar-refractivity contribution in [2.24, 2.45) is 0 Å². The Hall–Kier alpha value is -1.83. The number of hydrogen-bond acceptors (Lipinski definition) is 1. The third kappa shape index (κ3) is 4.89. The first-order valence-corrected chi connectivity index (χ1v) is 7.93. The molecule has 0 atom stereocenters. The molecule has 2 nitrogen and oxygen atoms in total. The van der Waals surface area contributed by atoms with Crippen LogP contribution in [0.5, 0.6) is 0 Å². The Balaban J connectivity index is 1.70. The molecule has 0 amide bonds. The highest BCUT2D eigenvalue weighted by Gasteiger charge is 1.98. The zero-order valence-corrected chi connectivity index (χ0v) is 13.5. The summed E-state index contributed by atoms with van der Waals surface area (Å²) in [4.78, 5) is 4.35. The van der Waals surface area contributed by atoms with Crippen LogP contribution in [0.2, 0.25) is 0 Å². The minimum Gasteiger partial charge on any atom is -0.337 e. The summed E-state index contributed by atoms with van der Waals surface area (Å²) in [6.07, 6.45) is 13.1. The molecule has 21 heavy (non-hydrogen) atoms. The second kappa shape index (κ2) is 7.82. The minimum atomic E-state index is 0.983. The standard InChI is InChI=1S/C19H26N2/c1-4-21-14-19(20-15-21)10-8-6-5-7-9-18-12-11-16(2)13-17(18)3/h8,10-15H,4-7,9H2,1-3H3/b10-8+. The highest BCUT2D eigenvalue weighted by Crippen LogP contribution is 2.14. The summed E-state index contributed by atoms with van der Waals surface area (Å²) in [6, 6.07) is 6.77. The van der Waals surface area contributed by atoms with Gasteiger partial charge in [0.2, 0.25) is 0 Å². The van der Waals surface area contributed by atoms with Gasteiger partial charge in [-0.3, -0.25) is 0 Å². The number of benzene rings is 1. The Kier molecular flexibility index (Phi) is 5.79. The summed E-state index contributed by atoms with van der Waals surface area (Å²) < 4.78 is 2.10. The normalized spacial score (nSPS) is 11.4. The van der Waals surface area contributed by atoms with Gasteiger partial charge >= 0.3 is 0 Å². The summed E-state index contributed by atoms with van der Waals surface area (Å²) >= 11 is 0. The predicted octanol–water partition coefficient (Wildman–Crippen LogP) is 4.95. The number of aryl methyl sites for hydroxylation is 4. The number of nitrogens with zero attached hydrogens (tertiary/aromatic N) is 2. The van der Waals surface area contributed by atoms with Crippen molar-refractivity contribution in [2.75, 3.05) is 0 Å². The van der Waals surface area contributed by atoms with Crippen LogP contribution in [-0.2, 0) is 13.0 Å². The van der Waals surface area contributed by atoms with E-state index in [0.29, 0.717) is 0 Å². The van der Waals surface area contributed by atoms with E-state index in [9.17, 15) is 0 Å². The summed E-state index contributed by atoms with van der Waals surface area (Å²) in [5, 5.41) is 0. The van der Waals surface area contributed by atoms with E-state index in [4.69, 9.17) is 0 Å². The first-order chi connectivity index (χ1) is 10.2. The molecule has 0 radical (unpaired) electrons. The third-order valence-electron chi connectivity index (χ3n) is 3.87. The van der Waals surface area contributed by atoms with Crippen molar-refractivity contribution in [3.8, 4) is 0 Å². The molecule has 2 aromatic rings. The number of aromatic nitrogens is 2. The van der Waals surface area contributed by atoms with Crippen LogP contribution in [0.15, 0.2) is 36.8 Å². The summed E-state index contributed by atoms with van der Waals surface area (Å²) in [6.45, 7) is 7.48. The molecule has 0 fully saturated rings. The number of allylic oxidation sites excluding steroid dienone is 1. The lowest BCUT2D eigenvalue weighted by Gasteiger charge is -2.06. The van der Waals surface area contributed by atoms with Crippen molar-refractivity contribution in [1.82, 2.24) is 9.55 Å². The molecule has 2 heteroatoms. The zero-order chi connectivity index (χ0) is 15.1. The Morgan fingerprint density at radius 1 is 1.19 bits per heavy atom. The van der Waals surface area contributed by atoms with Gasteiger partial charge in [-0.1, -0.05) is 29.8 Å². The predicted molar refractivity (Wildman–Crippen MR) is 90.4 cm³/mol. The van der Waals surface area contributed by atoms with Crippen molar-refractivity contribution >= 4 is 6.08 Å². The first-order valence-electron chi connectivity index (χ1n) is 7.93. The van der Waals surface area contributed by atoms with E-state index in [1.165, 1.54) is 36.0 Å². The van der Waals surface area contributed by atoms with Crippen LogP contribution in [0.25, 0.3) is 6.08 Å². The topological polar surface area (TPSA) is 17.8 Å². The van der Waals surface area contributed by atoms with E-state index in [1.54, 1.807) is 0 Å². The molecular weight excluding hydrogens is 256 g/mol. The van der Waals surface area contributed by atoms with Crippen molar-refractivity contribution in [3.05, 3.63) is 59.2 Å². The molecule has 0 spiro atoms. The monoisotopic (exact) mass is 282 g/mol. The first kappa shape index (κ1) is 15.6.